The molecule has 4 aromatic rings. The molecule has 0 unspecified atom stereocenters. The molecule has 3 N–H and O–H groups in total. The fraction of sp³-hybridized carbons (Fsp3) is 0.0455. The van der Waals surface area contributed by atoms with Crippen molar-refractivity contribution in [3.8, 4) is 22.5 Å². The summed E-state index contributed by atoms with van der Waals surface area (Å²) in [5.41, 5.74) is 8.63. The Kier molecular flexibility index (Phi) is 5.88. The molecule has 0 atom stereocenters. The van der Waals surface area contributed by atoms with Crippen LogP contribution in [0.2, 0.25) is 10.0 Å². The molecule has 9 heteroatoms. The predicted molar refractivity (Wildman–Crippen MR) is 118 cm³/mol. The summed E-state index contributed by atoms with van der Waals surface area (Å²) in [6.07, 6.45) is 1.48. The van der Waals surface area contributed by atoms with Crippen LogP contribution in [0, 0.1) is 5.82 Å². The van der Waals surface area contributed by atoms with Crippen LogP contribution in [0.3, 0.4) is 0 Å². The van der Waals surface area contributed by atoms with E-state index in [0.717, 1.165) is 0 Å². The highest BCUT2D eigenvalue weighted by molar-refractivity contribution is 6.36. The van der Waals surface area contributed by atoms with Crippen molar-refractivity contribution in [1.82, 2.24) is 10.1 Å². The van der Waals surface area contributed by atoms with Gasteiger partial charge in [-0.25, -0.2) is 4.39 Å². The van der Waals surface area contributed by atoms with Gasteiger partial charge in [0.15, 0.2) is 0 Å². The number of aromatic nitrogens is 2. The number of halogens is 3. The Hall–Kier alpha value is -3.42. The lowest BCUT2D eigenvalue weighted by atomic mass is 10.0. The summed E-state index contributed by atoms with van der Waals surface area (Å²) in [5, 5.41) is 7.51. The number of nitrogen functional groups attached to an aromatic ring is 1. The monoisotopic (exact) mass is 456 g/mol. The van der Waals surface area contributed by atoms with Crippen LogP contribution in [0.1, 0.15) is 5.56 Å². The van der Waals surface area contributed by atoms with E-state index in [-0.39, 0.29) is 12.3 Å². The smallest absolute Gasteiger partial charge is 0.241 e. The minimum Gasteiger partial charge on any atom is -0.397 e. The molecule has 0 saturated heterocycles. The van der Waals surface area contributed by atoms with Crippen molar-refractivity contribution in [2.45, 2.75) is 6.42 Å². The molecule has 1 amide bonds. The van der Waals surface area contributed by atoms with Gasteiger partial charge in [-0.05, 0) is 54.1 Å². The highest BCUT2D eigenvalue weighted by Gasteiger charge is 2.24. The third kappa shape index (κ3) is 4.38. The maximum absolute atomic E-state index is 13.4. The highest BCUT2D eigenvalue weighted by Crippen LogP contribution is 2.39. The number of nitrogens with one attached hydrogen (secondary N) is 1. The third-order valence-electron chi connectivity index (χ3n) is 4.54. The number of rotatable bonds is 5. The molecular formula is C22H15Cl2FN4O2. The Labute approximate surface area is 186 Å². The van der Waals surface area contributed by atoms with Crippen LogP contribution in [0.25, 0.3) is 22.5 Å². The van der Waals surface area contributed by atoms with Crippen LogP contribution >= 0.6 is 23.2 Å². The van der Waals surface area contributed by atoms with Gasteiger partial charge in [-0.15, -0.1) is 0 Å². The Morgan fingerprint density at radius 2 is 1.74 bits per heavy atom. The summed E-state index contributed by atoms with van der Waals surface area (Å²) < 4.78 is 18.8. The first-order chi connectivity index (χ1) is 14.9. The zero-order valence-electron chi connectivity index (χ0n) is 15.9. The summed E-state index contributed by atoms with van der Waals surface area (Å²) >= 11 is 12.3. The normalized spacial score (nSPS) is 10.8. The molecule has 2 heterocycles. The molecule has 0 radical (unpaired) electrons. The summed E-state index contributed by atoms with van der Waals surface area (Å²) in [5.74, 6) is -0.762. The largest absolute Gasteiger partial charge is 0.397 e. The molecule has 31 heavy (non-hydrogen) atoms. The van der Waals surface area contributed by atoms with E-state index in [1.54, 1.807) is 48.7 Å². The summed E-state index contributed by atoms with van der Waals surface area (Å²) in [6, 6.07) is 14.0. The minimum atomic E-state index is -0.424. The standard InChI is InChI=1S/C22H15Cl2FN4O2/c23-15-3-1-4-16(24)14(15)11-18(30)28-22-19(21-17(26)5-2-10-27-21)20(29-31-22)12-6-8-13(25)9-7-12/h1-10H,11,26H2,(H,28,30). The molecule has 156 valence electrons. The SMILES string of the molecule is Nc1cccnc1-c1c(-c2ccc(F)cc2)noc1NC(=O)Cc1c(Cl)cccc1Cl. The molecule has 0 fully saturated rings. The molecule has 2 aromatic carbocycles. The van der Waals surface area contributed by atoms with E-state index in [0.29, 0.717) is 43.8 Å². The van der Waals surface area contributed by atoms with Gasteiger partial charge in [-0.3, -0.25) is 15.1 Å². The lowest BCUT2D eigenvalue weighted by molar-refractivity contribution is -0.115. The van der Waals surface area contributed by atoms with Crippen LogP contribution in [-0.2, 0) is 11.2 Å². The van der Waals surface area contributed by atoms with E-state index >= 15 is 0 Å². The van der Waals surface area contributed by atoms with Gasteiger partial charge in [-0.1, -0.05) is 34.4 Å². The van der Waals surface area contributed by atoms with E-state index in [2.05, 4.69) is 15.5 Å². The van der Waals surface area contributed by atoms with Crippen molar-refractivity contribution in [1.29, 1.82) is 0 Å². The van der Waals surface area contributed by atoms with Gasteiger partial charge in [0.2, 0.25) is 11.8 Å². The van der Waals surface area contributed by atoms with Gasteiger partial charge in [0.1, 0.15) is 17.2 Å². The maximum atomic E-state index is 13.4. The van der Waals surface area contributed by atoms with Gasteiger partial charge >= 0.3 is 0 Å². The summed E-state index contributed by atoms with van der Waals surface area (Å²) in [6.45, 7) is 0. The number of nitrogens with two attached hydrogens (primary N) is 1. The fourth-order valence-corrected chi connectivity index (χ4v) is 3.59. The van der Waals surface area contributed by atoms with E-state index in [4.69, 9.17) is 33.5 Å². The topological polar surface area (TPSA) is 94.0 Å². The van der Waals surface area contributed by atoms with Crippen molar-refractivity contribution in [2.24, 2.45) is 0 Å². The molecule has 4 rings (SSSR count). The second-order valence-corrected chi connectivity index (χ2v) is 7.42. The second kappa shape index (κ2) is 8.75. The summed E-state index contributed by atoms with van der Waals surface area (Å²) in [7, 11) is 0. The number of benzene rings is 2. The number of carbonyl (C=O) groups is 1. The van der Waals surface area contributed by atoms with Crippen LogP contribution in [-0.4, -0.2) is 16.0 Å². The first-order valence-electron chi connectivity index (χ1n) is 9.13. The Morgan fingerprint density at radius 1 is 1.03 bits per heavy atom. The fourth-order valence-electron chi connectivity index (χ4n) is 3.06. The summed E-state index contributed by atoms with van der Waals surface area (Å²) in [4.78, 5) is 17.0. The van der Waals surface area contributed by atoms with Crippen molar-refractivity contribution in [2.75, 3.05) is 11.1 Å². The van der Waals surface area contributed by atoms with Crippen LogP contribution in [0.15, 0.2) is 65.3 Å². The van der Waals surface area contributed by atoms with Crippen molar-refractivity contribution < 1.29 is 13.7 Å². The lowest BCUT2D eigenvalue weighted by Crippen LogP contribution is -2.15. The molecule has 0 spiro atoms. The number of hydrogen-bond acceptors (Lipinski definition) is 5. The molecule has 2 aromatic heterocycles. The minimum absolute atomic E-state index is 0.0536. The van der Waals surface area contributed by atoms with Crippen molar-refractivity contribution >= 4 is 40.7 Å². The number of hydrogen-bond donors (Lipinski definition) is 2. The van der Waals surface area contributed by atoms with E-state index in [1.165, 1.54) is 12.1 Å². The molecule has 0 saturated carbocycles. The Bertz CT molecular complexity index is 1240. The quantitative estimate of drug-likeness (QED) is 0.406. The van der Waals surface area contributed by atoms with Gasteiger partial charge in [0, 0.05) is 21.8 Å². The molecule has 0 bridgehead atoms. The molecule has 0 aliphatic heterocycles. The second-order valence-electron chi connectivity index (χ2n) is 6.61. The van der Waals surface area contributed by atoms with Crippen LogP contribution in [0.4, 0.5) is 16.0 Å². The van der Waals surface area contributed by atoms with Gasteiger partial charge in [-0.2, -0.15) is 0 Å². The molecule has 0 aliphatic rings. The Morgan fingerprint density at radius 3 is 2.42 bits per heavy atom. The zero-order chi connectivity index (χ0) is 22.0. The van der Waals surface area contributed by atoms with Crippen LogP contribution in [0.5, 0.6) is 0 Å². The number of amides is 1. The number of carbonyl (C=O) groups excluding carboxylic acids is 1. The predicted octanol–water partition coefficient (Wildman–Crippen LogP) is 5.61. The van der Waals surface area contributed by atoms with E-state index in [9.17, 15) is 9.18 Å². The van der Waals surface area contributed by atoms with Crippen molar-refractivity contribution in [3.63, 3.8) is 0 Å². The zero-order valence-corrected chi connectivity index (χ0v) is 17.4. The van der Waals surface area contributed by atoms with Gasteiger partial charge in [0.05, 0.1) is 17.7 Å². The number of nitrogens with zero attached hydrogens (tertiary/aromatic N) is 2. The van der Waals surface area contributed by atoms with E-state index < -0.39 is 11.7 Å². The Balaban J connectivity index is 1.73. The molecular weight excluding hydrogens is 442 g/mol. The van der Waals surface area contributed by atoms with Crippen molar-refractivity contribution in [3.05, 3.63) is 82.2 Å². The highest BCUT2D eigenvalue weighted by atomic mass is 35.5. The average Bonchev–Trinajstić information content (AvgIpc) is 3.15. The number of anilines is 2. The first-order valence-corrected chi connectivity index (χ1v) is 9.89. The third-order valence-corrected chi connectivity index (χ3v) is 5.25. The molecule has 6 nitrogen and oxygen atoms in total. The first kappa shape index (κ1) is 20.8. The van der Waals surface area contributed by atoms with Crippen LogP contribution < -0.4 is 11.1 Å². The van der Waals surface area contributed by atoms with Gasteiger partial charge < -0.3 is 10.3 Å². The number of pyridine rings is 1. The lowest BCUT2D eigenvalue weighted by Gasteiger charge is -2.09. The average molecular weight is 457 g/mol. The van der Waals surface area contributed by atoms with Gasteiger partial charge in [0.25, 0.3) is 0 Å². The molecule has 0 aliphatic carbocycles. The van der Waals surface area contributed by atoms with E-state index in [1.807, 2.05) is 0 Å². The maximum Gasteiger partial charge on any atom is 0.241 e.